The van der Waals surface area contributed by atoms with Crippen LogP contribution in [0.15, 0.2) is 18.2 Å². The zero-order valence-corrected chi connectivity index (χ0v) is 9.63. The molecule has 0 amide bonds. The lowest BCUT2D eigenvalue weighted by atomic mass is 9.97. The average molecular weight is 261 g/mol. The lowest BCUT2D eigenvalue weighted by molar-refractivity contribution is 0.00351. The fourth-order valence-corrected chi connectivity index (χ4v) is 1.64. The molecule has 0 heterocycles. The first-order valence-electron chi connectivity index (χ1n) is 4.97. The number of benzene rings is 1. The van der Waals surface area contributed by atoms with E-state index in [9.17, 15) is 15.0 Å². The molecular formula is C11H13ClO5. The zero-order chi connectivity index (χ0) is 13.0. The van der Waals surface area contributed by atoms with Crippen molar-refractivity contribution in [2.75, 3.05) is 6.61 Å². The van der Waals surface area contributed by atoms with Gasteiger partial charge in [0.15, 0.2) is 0 Å². The summed E-state index contributed by atoms with van der Waals surface area (Å²) >= 11 is 5.66. The Bertz CT molecular complexity index is 407. The lowest BCUT2D eigenvalue weighted by Gasteiger charge is -2.19. The Morgan fingerprint density at radius 2 is 2.00 bits per heavy atom. The van der Waals surface area contributed by atoms with Gasteiger partial charge < -0.3 is 20.4 Å². The van der Waals surface area contributed by atoms with Crippen LogP contribution >= 0.6 is 11.6 Å². The number of aliphatic hydroxyl groups is 3. The Labute approximate surface area is 103 Å². The van der Waals surface area contributed by atoms with Crippen LogP contribution in [0, 0.1) is 0 Å². The molecule has 0 aliphatic carbocycles. The summed E-state index contributed by atoms with van der Waals surface area (Å²) in [5, 5.41) is 37.1. The average Bonchev–Trinajstić information content (AvgIpc) is 2.28. The van der Waals surface area contributed by atoms with E-state index in [0.717, 1.165) is 0 Å². The van der Waals surface area contributed by atoms with E-state index in [-0.39, 0.29) is 29.2 Å². The van der Waals surface area contributed by atoms with Crippen molar-refractivity contribution < 1.29 is 25.2 Å². The molecule has 0 bridgehead atoms. The molecule has 1 aromatic rings. The highest BCUT2D eigenvalue weighted by Crippen LogP contribution is 2.25. The van der Waals surface area contributed by atoms with E-state index in [1.54, 1.807) is 0 Å². The summed E-state index contributed by atoms with van der Waals surface area (Å²) in [4.78, 5) is 11.0. The maximum atomic E-state index is 11.0. The van der Waals surface area contributed by atoms with Crippen molar-refractivity contribution in [1.29, 1.82) is 0 Å². The van der Waals surface area contributed by atoms with Gasteiger partial charge in [0.2, 0.25) is 0 Å². The van der Waals surface area contributed by atoms with Gasteiger partial charge in [-0.2, -0.15) is 0 Å². The predicted molar refractivity (Wildman–Crippen MR) is 61.1 cm³/mol. The van der Waals surface area contributed by atoms with Gasteiger partial charge in [-0.25, -0.2) is 4.79 Å². The SMILES string of the molecule is O=C(O)c1cc(Cl)ccc1C(O)C(O)CCO. The fraction of sp³-hybridized carbons (Fsp3) is 0.364. The number of carbonyl (C=O) groups is 1. The second-order valence-corrected chi connectivity index (χ2v) is 4.00. The lowest BCUT2D eigenvalue weighted by Crippen LogP contribution is -2.21. The standard InChI is InChI=1S/C11H13ClO5/c12-6-1-2-7(8(5-6)11(16)17)10(15)9(14)3-4-13/h1-2,5,9-10,13-15H,3-4H2,(H,16,17). The maximum Gasteiger partial charge on any atom is 0.336 e. The van der Waals surface area contributed by atoms with Crippen LogP contribution in [-0.2, 0) is 0 Å². The Hall–Kier alpha value is -1.14. The first-order valence-corrected chi connectivity index (χ1v) is 5.35. The summed E-state index contributed by atoms with van der Waals surface area (Å²) < 4.78 is 0. The van der Waals surface area contributed by atoms with E-state index in [1.165, 1.54) is 18.2 Å². The molecule has 0 saturated carbocycles. The van der Waals surface area contributed by atoms with Crippen LogP contribution < -0.4 is 0 Å². The van der Waals surface area contributed by atoms with Gasteiger partial charge in [0, 0.05) is 11.6 Å². The van der Waals surface area contributed by atoms with Gasteiger partial charge in [-0.3, -0.25) is 0 Å². The highest BCUT2D eigenvalue weighted by Gasteiger charge is 2.23. The second-order valence-electron chi connectivity index (χ2n) is 3.56. The summed E-state index contributed by atoms with van der Waals surface area (Å²) in [6.45, 7) is -0.297. The molecule has 0 aliphatic heterocycles. The molecule has 2 unspecified atom stereocenters. The van der Waals surface area contributed by atoms with Gasteiger partial charge in [-0.1, -0.05) is 17.7 Å². The number of carboxylic acid groups (broad SMARTS) is 1. The summed E-state index contributed by atoms with van der Waals surface area (Å²) in [5.41, 5.74) is -0.0927. The fourth-order valence-electron chi connectivity index (χ4n) is 1.47. The predicted octanol–water partition coefficient (Wildman–Crippen LogP) is 0.815. The summed E-state index contributed by atoms with van der Waals surface area (Å²) in [6, 6.07) is 3.98. The number of aromatic carboxylic acids is 1. The zero-order valence-electron chi connectivity index (χ0n) is 8.88. The van der Waals surface area contributed by atoms with Gasteiger partial charge in [0.1, 0.15) is 6.10 Å². The van der Waals surface area contributed by atoms with E-state index in [0.29, 0.717) is 0 Å². The molecule has 6 heteroatoms. The number of carboxylic acids is 1. The number of rotatable bonds is 5. The van der Waals surface area contributed by atoms with E-state index in [4.69, 9.17) is 21.8 Å². The quantitative estimate of drug-likeness (QED) is 0.628. The van der Waals surface area contributed by atoms with Crippen molar-refractivity contribution in [2.45, 2.75) is 18.6 Å². The van der Waals surface area contributed by atoms with E-state index in [1.807, 2.05) is 0 Å². The van der Waals surface area contributed by atoms with E-state index in [2.05, 4.69) is 0 Å². The molecule has 0 spiro atoms. The normalized spacial score (nSPS) is 14.4. The maximum absolute atomic E-state index is 11.0. The number of hydrogen-bond donors (Lipinski definition) is 4. The first-order chi connectivity index (χ1) is 7.97. The molecule has 0 radical (unpaired) electrons. The Morgan fingerprint density at radius 3 is 2.53 bits per heavy atom. The van der Waals surface area contributed by atoms with Crippen molar-refractivity contribution in [1.82, 2.24) is 0 Å². The number of aliphatic hydroxyl groups excluding tert-OH is 3. The Morgan fingerprint density at radius 1 is 1.35 bits per heavy atom. The second kappa shape index (κ2) is 5.97. The molecule has 0 fully saturated rings. The van der Waals surface area contributed by atoms with E-state index >= 15 is 0 Å². The molecule has 4 N–H and O–H groups in total. The minimum absolute atomic E-state index is 0.0388. The minimum atomic E-state index is -1.37. The highest BCUT2D eigenvalue weighted by atomic mass is 35.5. The topological polar surface area (TPSA) is 98.0 Å². The van der Waals surface area contributed by atoms with Gasteiger partial charge in [-0.15, -0.1) is 0 Å². The van der Waals surface area contributed by atoms with Crippen LogP contribution in [0.25, 0.3) is 0 Å². The van der Waals surface area contributed by atoms with Crippen molar-refractivity contribution in [3.05, 3.63) is 34.3 Å². The summed E-state index contributed by atoms with van der Waals surface area (Å²) in [7, 11) is 0. The molecule has 5 nitrogen and oxygen atoms in total. The van der Waals surface area contributed by atoms with Crippen LogP contribution in [0.5, 0.6) is 0 Å². The van der Waals surface area contributed by atoms with Crippen LogP contribution in [0.1, 0.15) is 28.4 Å². The van der Waals surface area contributed by atoms with Gasteiger partial charge in [-0.05, 0) is 24.1 Å². The molecule has 1 rings (SSSR count). The minimum Gasteiger partial charge on any atom is -0.478 e. The van der Waals surface area contributed by atoms with Gasteiger partial charge in [0.25, 0.3) is 0 Å². The Balaban J connectivity index is 3.08. The molecule has 17 heavy (non-hydrogen) atoms. The number of halogens is 1. The monoisotopic (exact) mass is 260 g/mol. The van der Waals surface area contributed by atoms with Crippen molar-refractivity contribution >= 4 is 17.6 Å². The van der Waals surface area contributed by atoms with Crippen LogP contribution in [0.4, 0.5) is 0 Å². The van der Waals surface area contributed by atoms with Crippen LogP contribution in [0.2, 0.25) is 5.02 Å². The summed E-state index contributed by atoms with van der Waals surface area (Å²) in [6.07, 6.45) is -2.63. The molecule has 0 aliphatic rings. The number of hydrogen-bond acceptors (Lipinski definition) is 4. The van der Waals surface area contributed by atoms with Crippen molar-refractivity contribution in [3.63, 3.8) is 0 Å². The van der Waals surface area contributed by atoms with Crippen molar-refractivity contribution in [3.8, 4) is 0 Å². The van der Waals surface area contributed by atoms with Gasteiger partial charge >= 0.3 is 5.97 Å². The van der Waals surface area contributed by atoms with Crippen LogP contribution in [-0.4, -0.2) is 39.1 Å². The first kappa shape index (κ1) is 13.9. The van der Waals surface area contributed by atoms with Crippen molar-refractivity contribution in [2.24, 2.45) is 0 Å². The molecular weight excluding hydrogens is 248 g/mol. The molecule has 0 saturated heterocycles. The molecule has 0 aromatic heterocycles. The van der Waals surface area contributed by atoms with E-state index < -0.39 is 18.2 Å². The van der Waals surface area contributed by atoms with Gasteiger partial charge in [0.05, 0.1) is 11.7 Å². The largest absolute Gasteiger partial charge is 0.478 e. The molecule has 94 valence electrons. The highest BCUT2D eigenvalue weighted by molar-refractivity contribution is 6.30. The third-order valence-electron chi connectivity index (χ3n) is 2.35. The molecule has 1 aromatic carbocycles. The summed E-state index contributed by atoms with van der Waals surface area (Å²) in [5.74, 6) is -1.24. The Kier molecular flexibility index (Phi) is 4.89. The third-order valence-corrected chi connectivity index (χ3v) is 2.59. The van der Waals surface area contributed by atoms with Crippen LogP contribution in [0.3, 0.4) is 0 Å². The third kappa shape index (κ3) is 3.41. The molecule has 2 atom stereocenters. The smallest absolute Gasteiger partial charge is 0.336 e.